The van der Waals surface area contributed by atoms with Gasteiger partial charge in [0.05, 0.1) is 0 Å². The van der Waals surface area contributed by atoms with E-state index in [0.29, 0.717) is 0 Å². The summed E-state index contributed by atoms with van der Waals surface area (Å²) in [5, 5.41) is 7.02. The van der Waals surface area contributed by atoms with Gasteiger partial charge < -0.3 is 13.7 Å². The predicted octanol–water partition coefficient (Wildman–Crippen LogP) is 16.8. The van der Waals surface area contributed by atoms with E-state index in [1.165, 1.54) is 33.0 Å². The molecule has 0 fully saturated rings. The van der Waals surface area contributed by atoms with Crippen molar-refractivity contribution in [3.63, 3.8) is 0 Å². The van der Waals surface area contributed by atoms with Crippen LogP contribution in [0.4, 0.5) is 17.1 Å². The molecular weight excluding hydrogens is 743 g/mol. The molecular formula is C58H37NO2. The van der Waals surface area contributed by atoms with E-state index in [4.69, 9.17) is 8.83 Å². The van der Waals surface area contributed by atoms with Crippen molar-refractivity contribution < 1.29 is 8.83 Å². The largest absolute Gasteiger partial charge is 0.456 e. The van der Waals surface area contributed by atoms with Crippen molar-refractivity contribution in [2.45, 2.75) is 0 Å². The summed E-state index contributed by atoms with van der Waals surface area (Å²) in [6.45, 7) is 0. The second-order valence-corrected chi connectivity index (χ2v) is 15.7. The van der Waals surface area contributed by atoms with Gasteiger partial charge in [-0.1, -0.05) is 146 Å². The summed E-state index contributed by atoms with van der Waals surface area (Å²) in [6, 6.07) is 80.1. The molecule has 3 heteroatoms. The number of fused-ring (bicyclic) bond motifs is 7. The molecule has 3 nitrogen and oxygen atoms in total. The van der Waals surface area contributed by atoms with Crippen molar-refractivity contribution in [1.29, 1.82) is 0 Å². The highest BCUT2D eigenvalue weighted by Gasteiger charge is 2.16. The Morgan fingerprint density at radius 2 is 0.639 bits per heavy atom. The zero-order chi connectivity index (χ0) is 40.3. The highest BCUT2D eigenvalue weighted by molar-refractivity contribution is 6.07. The average molecular weight is 780 g/mol. The maximum absolute atomic E-state index is 6.13. The van der Waals surface area contributed by atoms with Crippen LogP contribution >= 0.6 is 0 Å². The first-order valence-corrected chi connectivity index (χ1v) is 20.7. The Balaban J connectivity index is 0.912. The maximum atomic E-state index is 6.13. The van der Waals surface area contributed by atoms with Gasteiger partial charge in [-0.25, -0.2) is 0 Å². The van der Waals surface area contributed by atoms with Gasteiger partial charge in [-0.3, -0.25) is 0 Å². The number of rotatable bonds is 7. The van der Waals surface area contributed by atoms with E-state index in [9.17, 15) is 0 Å². The zero-order valence-corrected chi connectivity index (χ0v) is 33.1. The lowest BCUT2D eigenvalue weighted by Gasteiger charge is -2.26. The number of nitrogens with zero attached hydrogens (tertiary/aromatic N) is 1. The van der Waals surface area contributed by atoms with E-state index in [0.717, 1.165) is 83.2 Å². The van der Waals surface area contributed by atoms with Crippen LogP contribution in [0, 0.1) is 0 Å². The summed E-state index contributed by atoms with van der Waals surface area (Å²) in [4.78, 5) is 2.34. The summed E-state index contributed by atoms with van der Waals surface area (Å²) < 4.78 is 12.3. The first-order chi connectivity index (χ1) is 30.2. The van der Waals surface area contributed by atoms with Gasteiger partial charge in [0.2, 0.25) is 0 Å². The molecule has 0 unspecified atom stereocenters. The summed E-state index contributed by atoms with van der Waals surface area (Å²) in [5.41, 5.74) is 16.2. The summed E-state index contributed by atoms with van der Waals surface area (Å²) >= 11 is 0. The smallest absolute Gasteiger partial charge is 0.135 e. The Morgan fingerprint density at radius 3 is 1.18 bits per heavy atom. The first kappa shape index (κ1) is 34.9. The van der Waals surface area contributed by atoms with E-state index < -0.39 is 0 Å². The maximum Gasteiger partial charge on any atom is 0.135 e. The monoisotopic (exact) mass is 779 g/mol. The van der Waals surface area contributed by atoms with Crippen LogP contribution < -0.4 is 4.90 Å². The van der Waals surface area contributed by atoms with Gasteiger partial charge in [0.15, 0.2) is 0 Å². The molecule has 12 rings (SSSR count). The molecule has 0 saturated heterocycles. The number of benzene rings is 10. The number of furan rings is 2. The molecule has 0 aliphatic heterocycles. The van der Waals surface area contributed by atoms with Crippen molar-refractivity contribution in [3.05, 3.63) is 224 Å². The molecule has 286 valence electrons. The number of hydrogen-bond donors (Lipinski definition) is 0. The Labute approximate surface area is 353 Å². The molecule has 0 saturated carbocycles. The quantitative estimate of drug-likeness (QED) is 0.161. The van der Waals surface area contributed by atoms with Crippen molar-refractivity contribution in [3.8, 4) is 44.5 Å². The van der Waals surface area contributed by atoms with Gasteiger partial charge >= 0.3 is 0 Å². The summed E-state index contributed by atoms with van der Waals surface area (Å²) in [6.07, 6.45) is 0. The van der Waals surface area contributed by atoms with Crippen LogP contribution in [-0.4, -0.2) is 0 Å². The Hall–Kier alpha value is -8.14. The standard InChI is InChI=1S/C58H37NO2/c1-2-13-49-41(9-1)10-8-16-50(49)45-12-7-11-42(35-45)38-19-27-46(28-20-38)59(47-29-21-39(22-30-47)43-25-33-57-53(36-43)51-14-3-5-17-55(51)60-57)48-31-23-40(24-32-48)44-26-34-58-54(37-44)52-15-4-6-18-56(52)61-58/h1-37H. The first-order valence-electron chi connectivity index (χ1n) is 20.7. The van der Waals surface area contributed by atoms with E-state index in [1.807, 2.05) is 24.3 Å². The second-order valence-electron chi connectivity index (χ2n) is 15.7. The van der Waals surface area contributed by atoms with Crippen LogP contribution in [0.3, 0.4) is 0 Å². The third-order valence-electron chi connectivity index (χ3n) is 12.1. The van der Waals surface area contributed by atoms with Crippen LogP contribution in [0.15, 0.2) is 233 Å². The van der Waals surface area contributed by atoms with Gasteiger partial charge in [-0.05, 0) is 134 Å². The predicted molar refractivity (Wildman–Crippen MR) is 255 cm³/mol. The molecule has 61 heavy (non-hydrogen) atoms. The van der Waals surface area contributed by atoms with Gasteiger partial charge in [-0.2, -0.15) is 0 Å². The fourth-order valence-corrected chi connectivity index (χ4v) is 9.01. The lowest BCUT2D eigenvalue weighted by atomic mass is 9.95. The minimum Gasteiger partial charge on any atom is -0.456 e. The lowest BCUT2D eigenvalue weighted by molar-refractivity contribution is 0.668. The molecule has 0 aliphatic carbocycles. The topological polar surface area (TPSA) is 29.5 Å². The second kappa shape index (κ2) is 14.3. The van der Waals surface area contributed by atoms with Crippen LogP contribution in [0.1, 0.15) is 0 Å². The third kappa shape index (κ3) is 6.14. The third-order valence-corrected chi connectivity index (χ3v) is 12.1. The molecule has 10 aromatic carbocycles. The van der Waals surface area contributed by atoms with Gasteiger partial charge in [-0.15, -0.1) is 0 Å². The molecule has 0 spiro atoms. The Morgan fingerprint density at radius 1 is 0.246 bits per heavy atom. The Kier molecular flexibility index (Phi) is 8.17. The van der Waals surface area contributed by atoms with Crippen molar-refractivity contribution >= 4 is 71.7 Å². The molecule has 0 aliphatic rings. The van der Waals surface area contributed by atoms with Crippen LogP contribution in [0.5, 0.6) is 0 Å². The molecule has 0 N–H and O–H groups in total. The molecule has 0 bridgehead atoms. The van der Waals surface area contributed by atoms with Gasteiger partial charge in [0, 0.05) is 38.6 Å². The molecule has 2 heterocycles. The minimum atomic E-state index is 0.901. The summed E-state index contributed by atoms with van der Waals surface area (Å²) in [7, 11) is 0. The number of hydrogen-bond acceptors (Lipinski definition) is 3. The molecule has 2 aromatic heterocycles. The SMILES string of the molecule is c1cc(-c2ccc(N(c3ccc(-c4ccc5oc6ccccc6c5c4)cc3)c3ccc(-c4ccc5oc6ccccc6c5c4)cc3)cc2)cc(-c2cccc3ccccc23)c1. The normalized spacial score (nSPS) is 11.6. The van der Waals surface area contributed by atoms with E-state index in [1.54, 1.807) is 0 Å². The number of para-hydroxylation sites is 2. The van der Waals surface area contributed by atoms with Crippen molar-refractivity contribution in [2.75, 3.05) is 4.90 Å². The molecule has 0 atom stereocenters. The lowest BCUT2D eigenvalue weighted by Crippen LogP contribution is -2.09. The average Bonchev–Trinajstić information content (AvgIpc) is 3.90. The van der Waals surface area contributed by atoms with Gasteiger partial charge in [0.1, 0.15) is 22.3 Å². The number of anilines is 3. The highest BCUT2D eigenvalue weighted by atomic mass is 16.3. The molecule has 0 amide bonds. The highest BCUT2D eigenvalue weighted by Crippen LogP contribution is 2.40. The van der Waals surface area contributed by atoms with E-state index >= 15 is 0 Å². The van der Waals surface area contributed by atoms with E-state index in [2.05, 4.69) is 205 Å². The fourth-order valence-electron chi connectivity index (χ4n) is 9.01. The molecule has 0 radical (unpaired) electrons. The fraction of sp³-hybridized carbons (Fsp3) is 0. The van der Waals surface area contributed by atoms with Crippen LogP contribution in [0.25, 0.3) is 99.2 Å². The van der Waals surface area contributed by atoms with Gasteiger partial charge in [0.25, 0.3) is 0 Å². The van der Waals surface area contributed by atoms with Crippen molar-refractivity contribution in [1.82, 2.24) is 0 Å². The van der Waals surface area contributed by atoms with E-state index in [-0.39, 0.29) is 0 Å². The Bertz CT molecular complexity index is 3410. The van der Waals surface area contributed by atoms with Crippen LogP contribution in [0.2, 0.25) is 0 Å². The zero-order valence-electron chi connectivity index (χ0n) is 33.1. The minimum absolute atomic E-state index is 0.901. The summed E-state index contributed by atoms with van der Waals surface area (Å²) in [5.74, 6) is 0. The van der Waals surface area contributed by atoms with Crippen LogP contribution in [-0.2, 0) is 0 Å². The van der Waals surface area contributed by atoms with Crippen molar-refractivity contribution in [2.24, 2.45) is 0 Å². The molecule has 12 aromatic rings.